The summed E-state index contributed by atoms with van der Waals surface area (Å²) in [4.78, 5) is 12.0. The first kappa shape index (κ1) is 18.7. The molecular formula is C14H29NO3S. The van der Waals surface area contributed by atoms with Crippen LogP contribution in [0.2, 0.25) is 0 Å². The molecule has 0 heterocycles. The van der Waals surface area contributed by atoms with Crippen molar-refractivity contribution >= 4 is 17.7 Å². The fraction of sp³-hybridized carbons (Fsp3) is 0.929. The highest BCUT2D eigenvalue weighted by Crippen LogP contribution is 2.27. The summed E-state index contributed by atoms with van der Waals surface area (Å²) in [6.45, 7) is 10.4. The summed E-state index contributed by atoms with van der Waals surface area (Å²) < 4.78 is 4.92. The number of hydrogen-bond donors (Lipinski definition) is 2. The first-order chi connectivity index (χ1) is 8.75. The topological polar surface area (TPSA) is 58.6 Å². The number of aliphatic hydroxyl groups excluding tert-OH is 1. The first-order valence-corrected chi connectivity index (χ1v) is 7.82. The Bertz CT molecular complexity index is 273. The van der Waals surface area contributed by atoms with E-state index in [9.17, 15) is 4.79 Å². The lowest BCUT2D eigenvalue weighted by molar-refractivity contribution is -0.148. The molecule has 0 aliphatic rings. The maximum atomic E-state index is 12.0. The van der Waals surface area contributed by atoms with Crippen LogP contribution in [0.3, 0.4) is 0 Å². The van der Waals surface area contributed by atoms with Crippen molar-refractivity contribution in [2.75, 3.05) is 13.7 Å². The van der Waals surface area contributed by atoms with E-state index in [1.165, 1.54) is 7.11 Å². The summed E-state index contributed by atoms with van der Waals surface area (Å²) in [5.74, 6) is -0.219. The van der Waals surface area contributed by atoms with Gasteiger partial charge in [-0.3, -0.25) is 10.1 Å². The second-order valence-corrected chi connectivity index (χ2v) is 7.48. The number of carbonyl (C=O) groups excluding carboxylic acids is 1. The van der Waals surface area contributed by atoms with Crippen LogP contribution in [0.15, 0.2) is 0 Å². The molecule has 0 aromatic rings. The van der Waals surface area contributed by atoms with Crippen molar-refractivity contribution in [1.82, 2.24) is 5.32 Å². The molecule has 3 atom stereocenters. The molecule has 0 aromatic carbocycles. The van der Waals surface area contributed by atoms with Crippen LogP contribution in [0, 0.1) is 0 Å². The van der Waals surface area contributed by atoms with Gasteiger partial charge in [-0.15, -0.1) is 0 Å². The minimum absolute atomic E-state index is 0.208. The summed E-state index contributed by atoms with van der Waals surface area (Å²) in [6.07, 6.45) is 1.49. The van der Waals surface area contributed by atoms with Crippen LogP contribution in [-0.2, 0) is 9.53 Å². The van der Waals surface area contributed by atoms with Gasteiger partial charge < -0.3 is 9.84 Å². The van der Waals surface area contributed by atoms with E-state index < -0.39 is 5.54 Å². The number of thioether (sulfide) groups is 1. The zero-order valence-electron chi connectivity index (χ0n) is 13.0. The lowest BCUT2D eigenvalue weighted by Crippen LogP contribution is -2.54. The fourth-order valence-electron chi connectivity index (χ4n) is 2.33. The SMILES string of the molecule is COC(=O)C(C)(CC(C)SC(C)CCO)NC(C)C. The van der Waals surface area contributed by atoms with Crippen molar-refractivity contribution in [2.24, 2.45) is 0 Å². The summed E-state index contributed by atoms with van der Waals surface area (Å²) in [5, 5.41) is 12.9. The molecule has 0 bridgehead atoms. The van der Waals surface area contributed by atoms with Gasteiger partial charge in [-0.1, -0.05) is 13.8 Å². The summed E-state index contributed by atoms with van der Waals surface area (Å²) in [6, 6.07) is 0.219. The van der Waals surface area contributed by atoms with E-state index >= 15 is 0 Å². The predicted molar refractivity (Wildman–Crippen MR) is 81.5 cm³/mol. The molecule has 0 aliphatic heterocycles. The van der Waals surface area contributed by atoms with Crippen LogP contribution < -0.4 is 5.32 Å². The third-order valence-electron chi connectivity index (χ3n) is 2.94. The van der Waals surface area contributed by atoms with Gasteiger partial charge in [0.05, 0.1) is 7.11 Å². The lowest BCUT2D eigenvalue weighted by Gasteiger charge is -2.33. The molecule has 19 heavy (non-hydrogen) atoms. The highest BCUT2D eigenvalue weighted by Gasteiger charge is 2.36. The summed E-state index contributed by atoms with van der Waals surface area (Å²) >= 11 is 1.80. The van der Waals surface area contributed by atoms with Gasteiger partial charge >= 0.3 is 5.97 Å². The second-order valence-electron chi connectivity index (χ2n) is 5.60. The lowest BCUT2D eigenvalue weighted by atomic mass is 9.95. The van der Waals surface area contributed by atoms with Gasteiger partial charge in [0.15, 0.2) is 0 Å². The zero-order valence-corrected chi connectivity index (χ0v) is 13.8. The van der Waals surface area contributed by atoms with Gasteiger partial charge in [0.1, 0.15) is 5.54 Å². The molecular weight excluding hydrogens is 262 g/mol. The number of carbonyl (C=O) groups is 1. The van der Waals surface area contributed by atoms with Crippen LogP contribution >= 0.6 is 11.8 Å². The Morgan fingerprint density at radius 3 is 2.32 bits per heavy atom. The monoisotopic (exact) mass is 291 g/mol. The van der Waals surface area contributed by atoms with Gasteiger partial charge in [-0.2, -0.15) is 11.8 Å². The molecule has 2 N–H and O–H groups in total. The Balaban J connectivity index is 4.59. The fourth-order valence-corrected chi connectivity index (χ4v) is 3.80. The number of esters is 1. The Morgan fingerprint density at radius 2 is 1.89 bits per heavy atom. The standard InChI is InChI=1S/C14H29NO3S/c1-10(2)15-14(5,13(17)18-6)9-12(4)19-11(3)7-8-16/h10-12,15-16H,7-9H2,1-6H3. The van der Waals surface area contributed by atoms with Crippen LogP contribution in [0.1, 0.15) is 47.5 Å². The number of rotatable bonds is 9. The van der Waals surface area contributed by atoms with E-state index in [0.29, 0.717) is 16.9 Å². The number of nitrogens with one attached hydrogen (secondary N) is 1. The predicted octanol–water partition coefficient (Wildman–Crippen LogP) is 2.20. The maximum Gasteiger partial charge on any atom is 0.325 e. The van der Waals surface area contributed by atoms with Gasteiger partial charge in [0.2, 0.25) is 0 Å². The van der Waals surface area contributed by atoms with Crippen molar-refractivity contribution in [1.29, 1.82) is 0 Å². The first-order valence-electron chi connectivity index (χ1n) is 6.87. The Kier molecular flexibility index (Phi) is 8.70. The van der Waals surface area contributed by atoms with Gasteiger partial charge in [-0.25, -0.2) is 0 Å². The van der Waals surface area contributed by atoms with Gasteiger partial charge in [0.25, 0.3) is 0 Å². The second kappa shape index (κ2) is 8.82. The molecule has 0 aliphatic carbocycles. The minimum Gasteiger partial charge on any atom is -0.468 e. The largest absolute Gasteiger partial charge is 0.468 e. The van der Waals surface area contributed by atoms with Crippen LogP contribution in [0.4, 0.5) is 0 Å². The molecule has 0 radical (unpaired) electrons. The zero-order chi connectivity index (χ0) is 15.1. The van der Waals surface area contributed by atoms with E-state index in [-0.39, 0.29) is 18.6 Å². The van der Waals surface area contributed by atoms with E-state index in [1.54, 1.807) is 11.8 Å². The quantitative estimate of drug-likeness (QED) is 0.638. The van der Waals surface area contributed by atoms with Crippen LogP contribution in [0.25, 0.3) is 0 Å². The van der Waals surface area contributed by atoms with Crippen molar-refractivity contribution in [3.8, 4) is 0 Å². The smallest absolute Gasteiger partial charge is 0.325 e. The molecule has 0 saturated carbocycles. The van der Waals surface area contributed by atoms with Crippen molar-refractivity contribution in [3.63, 3.8) is 0 Å². The molecule has 0 spiro atoms. The van der Waals surface area contributed by atoms with E-state index in [0.717, 1.165) is 6.42 Å². The third-order valence-corrected chi connectivity index (χ3v) is 4.27. The Hall–Kier alpha value is -0.260. The number of aliphatic hydroxyl groups is 1. The third kappa shape index (κ3) is 7.18. The molecule has 4 nitrogen and oxygen atoms in total. The van der Waals surface area contributed by atoms with Gasteiger partial charge in [-0.05, 0) is 33.6 Å². The van der Waals surface area contributed by atoms with Crippen molar-refractivity contribution in [2.45, 2.75) is 69.5 Å². The average Bonchev–Trinajstić information content (AvgIpc) is 2.26. The highest BCUT2D eigenvalue weighted by molar-refractivity contribution is 8.00. The van der Waals surface area contributed by atoms with E-state index in [2.05, 4.69) is 19.2 Å². The molecule has 0 aromatic heterocycles. The van der Waals surface area contributed by atoms with Crippen molar-refractivity contribution < 1.29 is 14.6 Å². The van der Waals surface area contributed by atoms with Crippen molar-refractivity contribution in [3.05, 3.63) is 0 Å². The van der Waals surface area contributed by atoms with E-state index in [1.807, 2.05) is 20.8 Å². The maximum absolute atomic E-state index is 12.0. The molecule has 114 valence electrons. The van der Waals surface area contributed by atoms with E-state index in [4.69, 9.17) is 9.84 Å². The molecule has 3 unspecified atom stereocenters. The molecule has 0 fully saturated rings. The Morgan fingerprint density at radius 1 is 1.32 bits per heavy atom. The molecule has 0 saturated heterocycles. The summed E-state index contributed by atoms with van der Waals surface area (Å²) in [7, 11) is 1.43. The summed E-state index contributed by atoms with van der Waals surface area (Å²) in [5.41, 5.74) is -0.658. The Labute approximate surface area is 121 Å². The van der Waals surface area contributed by atoms with Gasteiger partial charge in [0, 0.05) is 23.1 Å². The number of ether oxygens (including phenoxy) is 1. The number of methoxy groups -OCH3 is 1. The normalized spacial score (nSPS) is 17.9. The molecule has 0 rings (SSSR count). The molecule has 0 amide bonds. The van der Waals surface area contributed by atoms with Crippen LogP contribution in [0.5, 0.6) is 0 Å². The average molecular weight is 291 g/mol. The number of hydrogen-bond acceptors (Lipinski definition) is 5. The minimum atomic E-state index is -0.658. The highest BCUT2D eigenvalue weighted by atomic mass is 32.2. The molecule has 5 heteroatoms. The van der Waals surface area contributed by atoms with Crippen LogP contribution in [-0.4, -0.2) is 46.9 Å².